The zero-order valence-electron chi connectivity index (χ0n) is 8.28. The van der Waals surface area contributed by atoms with Crippen molar-refractivity contribution in [2.45, 2.75) is 20.0 Å². The highest BCUT2D eigenvalue weighted by molar-refractivity contribution is 5.86. The molecule has 0 fully saturated rings. The van der Waals surface area contributed by atoms with E-state index in [4.69, 9.17) is 9.84 Å². The molecule has 0 rings (SSSR count). The normalized spacial score (nSPS) is 11.6. The molecule has 0 heterocycles. The molecule has 0 aliphatic rings. The first-order valence-corrected chi connectivity index (χ1v) is 4.10. The van der Waals surface area contributed by atoms with Crippen LogP contribution in [-0.2, 0) is 19.1 Å². The van der Waals surface area contributed by atoms with E-state index in [1.54, 1.807) is 6.92 Å². The Morgan fingerprint density at radius 1 is 1.50 bits per heavy atom. The maximum Gasteiger partial charge on any atom is 0.333 e. The average molecular weight is 202 g/mol. The van der Waals surface area contributed by atoms with Crippen LogP contribution in [0.2, 0.25) is 0 Å². The van der Waals surface area contributed by atoms with Gasteiger partial charge in [0.2, 0.25) is 0 Å². The molecule has 1 atom stereocenters. The summed E-state index contributed by atoms with van der Waals surface area (Å²) in [5.74, 6) is -1.28. The molecule has 0 amide bonds. The molecule has 80 valence electrons. The summed E-state index contributed by atoms with van der Waals surface area (Å²) in [6.45, 7) is 5.74. The summed E-state index contributed by atoms with van der Waals surface area (Å²) in [6, 6.07) is 0. The second-order valence-electron chi connectivity index (χ2n) is 2.84. The molecule has 1 N–H and O–H groups in total. The zero-order valence-corrected chi connectivity index (χ0v) is 8.28. The maximum absolute atomic E-state index is 10.9. The van der Waals surface area contributed by atoms with Crippen molar-refractivity contribution in [3.63, 3.8) is 0 Å². The molecule has 14 heavy (non-hydrogen) atoms. The Morgan fingerprint density at radius 3 is 2.50 bits per heavy atom. The molecule has 0 saturated carbocycles. The third kappa shape index (κ3) is 5.31. The van der Waals surface area contributed by atoms with Gasteiger partial charge in [-0.15, -0.1) is 0 Å². The quantitative estimate of drug-likeness (QED) is 0.503. The molecule has 0 saturated heterocycles. The number of aliphatic hydroxyl groups excluding tert-OH is 1. The predicted octanol–water partition coefficient (Wildman–Crippen LogP) is 0.0297. The van der Waals surface area contributed by atoms with Crippen LogP contribution in [0.4, 0.5) is 0 Å². The summed E-state index contributed by atoms with van der Waals surface area (Å²) < 4.78 is 9.35. The van der Waals surface area contributed by atoms with E-state index in [0.717, 1.165) is 0 Å². The first kappa shape index (κ1) is 12.6. The van der Waals surface area contributed by atoms with Crippen LogP contribution in [0.15, 0.2) is 12.2 Å². The lowest BCUT2D eigenvalue weighted by molar-refractivity contribution is -0.158. The molecule has 0 aromatic heterocycles. The number of ether oxygens (including phenoxy) is 2. The second kappa shape index (κ2) is 6.15. The number of hydrogen-bond donors (Lipinski definition) is 1. The van der Waals surface area contributed by atoms with Crippen LogP contribution in [0.3, 0.4) is 0 Å². The second-order valence-corrected chi connectivity index (χ2v) is 2.84. The maximum atomic E-state index is 10.9. The molecule has 0 radical (unpaired) electrons. The fourth-order valence-corrected chi connectivity index (χ4v) is 0.612. The van der Waals surface area contributed by atoms with Crippen molar-refractivity contribution >= 4 is 11.9 Å². The third-order valence-electron chi connectivity index (χ3n) is 1.26. The van der Waals surface area contributed by atoms with E-state index < -0.39 is 24.6 Å². The molecule has 0 aromatic carbocycles. The minimum atomic E-state index is -0.746. The first-order valence-electron chi connectivity index (χ1n) is 4.10. The van der Waals surface area contributed by atoms with Gasteiger partial charge in [0.1, 0.15) is 19.3 Å². The first-order chi connectivity index (χ1) is 6.47. The van der Waals surface area contributed by atoms with Gasteiger partial charge in [0.25, 0.3) is 0 Å². The van der Waals surface area contributed by atoms with Gasteiger partial charge in [-0.3, -0.25) is 0 Å². The van der Waals surface area contributed by atoms with Gasteiger partial charge in [-0.25, -0.2) is 9.59 Å². The minimum absolute atomic E-state index is 0.0442. The Hall–Kier alpha value is -1.36. The van der Waals surface area contributed by atoms with Gasteiger partial charge in [0, 0.05) is 5.57 Å². The van der Waals surface area contributed by atoms with Crippen molar-refractivity contribution in [1.82, 2.24) is 0 Å². The van der Waals surface area contributed by atoms with Crippen LogP contribution in [0.1, 0.15) is 13.8 Å². The standard InChI is InChI=1S/C9H14O5/c1-6(2)9(12)13-5-7(3)14-8(11)4-10/h7,10H,1,4-5H2,2-3H3. The molecule has 1 unspecified atom stereocenters. The van der Waals surface area contributed by atoms with Gasteiger partial charge in [-0.2, -0.15) is 0 Å². The molecule has 0 spiro atoms. The monoisotopic (exact) mass is 202 g/mol. The van der Waals surface area contributed by atoms with Gasteiger partial charge >= 0.3 is 11.9 Å². The van der Waals surface area contributed by atoms with Crippen LogP contribution in [-0.4, -0.2) is 36.4 Å². The fourth-order valence-electron chi connectivity index (χ4n) is 0.612. The lowest BCUT2D eigenvalue weighted by Crippen LogP contribution is -2.23. The van der Waals surface area contributed by atoms with Crippen LogP contribution >= 0.6 is 0 Å². The van der Waals surface area contributed by atoms with Crippen molar-refractivity contribution in [2.24, 2.45) is 0 Å². The lowest BCUT2D eigenvalue weighted by Gasteiger charge is -2.12. The van der Waals surface area contributed by atoms with E-state index in [1.165, 1.54) is 6.92 Å². The lowest BCUT2D eigenvalue weighted by atomic mass is 10.3. The van der Waals surface area contributed by atoms with E-state index in [1.807, 2.05) is 0 Å². The van der Waals surface area contributed by atoms with E-state index in [9.17, 15) is 9.59 Å². The third-order valence-corrected chi connectivity index (χ3v) is 1.26. The molecular formula is C9H14O5. The molecule has 0 aliphatic carbocycles. The van der Waals surface area contributed by atoms with Crippen LogP contribution < -0.4 is 0 Å². The van der Waals surface area contributed by atoms with Gasteiger partial charge in [0.05, 0.1) is 0 Å². The largest absolute Gasteiger partial charge is 0.458 e. The molecule has 5 heteroatoms. The van der Waals surface area contributed by atoms with Crippen molar-refractivity contribution in [2.75, 3.05) is 13.2 Å². The highest BCUT2D eigenvalue weighted by Crippen LogP contribution is 1.97. The van der Waals surface area contributed by atoms with Crippen molar-refractivity contribution in [3.8, 4) is 0 Å². The molecule has 5 nitrogen and oxygen atoms in total. The Kier molecular flexibility index (Phi) is 5.55. The number of esters is 2. The average Bonchev–Trinajstić information content (AvgIpc) is 2.13. The molecular weight excluding hydrogens is 188 g/mol. The van der Waals surface area contributed by atoms with Gasteiger partial charge in [0.15, 0.2) is 0 Å². The molecule has 0 bridgehead atoms. The highest BCUT2D eigenvalue weighted by atomic mass is 16.6. The summed E-state index contributed by atoms with van der Waals surface area (Å²) in [5, 5.41) is 8.35. The van der Waals surface area contributed by atoms with Gasteiger partial charge < -0.3 is 14.6 Å². The van der Waals surface area contributed by atoms with E-state index in [2.05, 4.69) is 11.3 Å². The van der Waals surface area contributed by atoms with E-state index >= 15 is 0 Å². The number of carbonyl (C=O) groups excluding carboxylic acids is 2. The fraction of sp³-hybridized carbons (Fsp3) is 0.556. The number of rotatable bonds is 5. The van der Waals surface area contributed by atoms with Gasteiger partial charge in [-0.1, -0.05) is 6.58 Å². The predicted molar refractivity (Wildman–Crippen MR) is 48.4 cm³/mol. The number of aliphatic hydroxyl groups is 1. The number of carbonyl (C=O) groups is 2. The van der Waals surface area contributed by atoms with Crippen LogP contribution in [0.25, 0.3) is 0 Å². The summed E-state index contributed by atoms with van der Waals surface area (Å²) in [5.41, 5.74) is 0.283. The van der Waals surface area contributed by atoms with Crippen LogP contribution in [0.5, 0.6) is 0 Å². The summed E-state index contributed by atoms with van der Waals surface area (Å²) in [4.78, 5) is 21.5. The van der Waals surface area contributed by atoms with Gasteiger partial charge in [-0.05, 0) is 13.8 Å². The highest BCUT2D eigenvalue weighted by Gasteiger charge is 2.11. The molecule has 0 aromatic rings. The van der Waals surface area contributed by atoms with Crippen molar-refractivity contribution in [3.05, 3.63) is 12.2 Å². The summed E-state index contributed by atoms with van der Waals surface area (Å²) in [7, 11) is 0. The molecule has 0 aliphatic heterocycles. The summed E-state index contributed by atoms with van der Waals surface area (Å²) >= 11 is 0. The van der Waals surface area contributed by atoms with E-state index in [0.29, 0.717) is 0 Å². The Morgan fingerprint density at radius 2 is 2.07 bits per heavy atom. The summed E-state index contributed by atoms with van der Waals surface area (Å²) in [6.07, 6.45) is -0.571. The van der Waals surface area contributed by atoms with E-state index in [-0.39, 0.29) is 12.2 Å². The van der Waals surface area contributed by atoms with Crippen LogP contribution in [0, 0.1) is 0 Å². The Labute approximate surface area is 82.3 Å². The zero-order chi connectivity index (χ0) is 11.1. The SMILES string of the molecule is C=C(C)C(=O)OCC(C)OC(=O)CO. The van der Waals surface area contributed by atoms with Crippen molar-refractivity contribution in [1.29, 1.82) is 0 Å². The minimum Gasteiger partial charge on any atom is -0.458 e. The number of hydrogen-bond acceptors (Lipinski definition) is 5. The smallest absolute Gasteiger partial charge is 0.333 e. The Balaban J connectivity index is 3.74. The topological polar surface area (TPSA) is 72.8 Å². The van der Waals surface area contributed by atoms with Crippen molar-refractivity contribution < 1.29 is 24.2 Å². The Bertz CT molecular complexity index is 233.